The summed E-state index contributed by atoms with van der Waals surface area (Å²) in [5.74, 6) is 5.54. The first-order valence-electron chi connectivity index (χ1n) is 7.40. The Morgan fingerprint density at radius 3 is 2.89 bits per heavy atom. The van der Waals surface area contributed by atoms with Crippen LogP contribution >= 0.6 is 11.8 Å². The van der Waals surface area contributed by atoms with Gasteiger partial charge >= 0.3 is 0 Å². The molecule has 1 heterocycles. The van der Waals surface area contributed by atoms with Crippen molar-refractivity contribution in [3.8, 4) is 12.3 Å². The minimum atomic E-state index is 0.737. The van der Waals surface area contributed by atoms with Crippen LogP contribution in [0.2, 0.25) is 0 Å². The summed E-state index contributed by atoms with van der Waals surface area (Å²) in [5.41, 5.74) is 0. The SMILES string of the molecule is C#CCSCCNC1CCCCC1C1CCCN1. The van der Waals surface area contributed by atoms with Gasteiger partial charge in [-0.2, -0.15) is 0 Å². The molecule has 1 saturated heterocycles. The maximum atomic E-state index is 5.26. The van der Waals surface area contributed by atoms with Crippen LogP contribution in [0.25, 0.3) is 0 Å². The predicted molar refractivity (Wildman–Crippen MR) is 80.9 cm³/mol. The van der Waals surface area contributed by atoms with Gasteiger partial charge in [0.15, 0.2) is 0 Å². The first-order chi connectivity index (χ1) is 8.92. The van der Waals surface area contributed by atoms with Gasteiger partial charge in [0.2, 0.25) is 0 Å². The van der Waals surface area contributed by atoms with E-state index in [1.165, 1.54) is 45.1 Å². The zero-order chi connectivity index (χ0) is 12.6. The Hall–Kier alpha value is -0.170. The van der Waals surface area contributed by atoms with Crippen LogP contribution in [0.5, 0.6) is 0 Å². The second-order valence-electron chi connectivity index (χ2n) is 5.47. The zero-order valence-electron chi connectivity index (χ0n) is 11.3. The van der Waals surface area contributed by atoms with Crippen molar-refractivity contribution in [1.82, 2.24) is 10.6 Å². The third-order valence-electron chi connectivity index (χ3n) is 4.27. The third-order valence-corrected chi connectivity index (χ3v) is 5.14. The van der Waals surface area contributed by atoms with Gasteiger partial charge < -0.3 is 10.6 Å². The number of hydrogen-bond donors (Lipinski definition) is 2. The van der Waals surface area contributed by atoms with Gasteiger partial charge in [0, 0.05) is 24.4 Å². The summed E-state index contributed by atoms with van der Waals surface area (Å²) in [6.45, 7) is 2.34. The maximum absolute atomic E-state index is 5.26. The zero-order valence-corrected chi connectivity index (χ0v) is 12.1. The predicted octanol–water partition coefficient (Wildman–Crippen LogP) is 2.25. The van der Waals surface area contributed by atoms with Crippen molar-refractivity contribution in [2.75, 3.05) is 24.6 Å². The van der Waals surface area contributed by atoms with Crippen molar-refractivity contribution in [1.29, 1.82) is 0 Å². The van der Waals surface area contributed by atoms with Gasteiger partial charge in [-0.15, -0.1) is 18.2 Å². The Morgan fingerprint density at radius 1 is 1.22 bits per heavy atom. The molecule has 3 heteroatoms. The first kappa shape index (κ1) is 14.2. The monoisotopic (exact) mass is 266 g/mol. The minimum Gasteiger partial charge on any atom is -0.314 e. The summed E-state index contributed by atoms with van der Waals surface area (Å²) in [5, 5.41) is 7.47. The minimum absolute atomic E-state index is 0.737. The van der Waals surface area contributed by atoms with E-state index in [0.29, 0.717) is 0 Å². The molecule has 18 heavy (non-hydrogen) atoms. The van der Waals surface area contributed by atoms with Crippen LogP contribution in [0.3, 0.4) is 0 Å². The molecule has 1 aliphatic heterocycles. The molecular weight excluding hydrogens is 240 g/mol. The first-order valence-corrected chi connectivity index (χ1v) is 8.55. The van der Waals surface area contributed by atoms with E-state index in [0.717, 1.165) is 36.1 Å². The van der Waals surface area contributed by atoms with Crippen molar-refractivity contribution in [3.05, 3.63) is 0 Å². The molecule has 3 atom stereocenters. The fraction of sp³-hybridized carbons (Fsp3) is 0.867. The molecule has 0 bridgehead atoms. The fourth-order valence-corrected chi connectivity index (χ4v) is 3.94. The molecule has 0 aromatic carbocycles. The van der Waals surface area contributed by atoms with Crippen molar-refractivity contribution < 1.29 is 0 Å². The van der Waals surface area contributed by atoms with Crippen LogP contribution in [0.1, 0.15) is 38.5 Å². The van der Waals surface area contributed by atoms with E-state index in [1.54, 1.807) is 0 Å². The highest BCUT2D eigenvalue weighted by atomic mass is 32.2. The van der Waals surface area contributed by atoms with E-state index in [2.05, 4.69) is 16.6 Å². The van der Waals surface area contributed by atoms with Crippen LogP contribution in [-0.4, -0.2) is 36.7 Å². The molecule has 0 amide bonds. The average Bonchev–Trinajstić information content (AvgIpc) is 2.93. The number of thioether (sulfide) groups is 1. The van der Waals surface area contributed by atoms with Crippen LogP contribution in [0.4, 0.5) is 0 Å². The normalized spacial score (nSPS) is 32.3. The lowest BCUT2D eigenvalue weighted by Crippen LogP contribution is -2.47. The maximum Gasteiger partial charge on any atom is 0.0545 e. The van der Waals surface area contributed by atoms with Crippen LogP contribution in [0, 0.1) is 18.3 Å². The Bertz CT molecular complexity index is 268. The van der Waals surface area contributed by atoms with Gasteiger partial charge in [0.1, 0.15) is 0 Å². The van der Waals surface area contributed by atoms with Crippen molar-refractivity contribution in [2.24, 2.45) is 5.92 Å². The molecule has 2 aliphatic rings. The summed E-state index contributed by atoms with van der Waals surface area (Å²) in [7, 11) is 0. The fourth-order valence-electron chi connectivity index (χ4n) is 3.42. The quantitative estimate of drug-likeness (QED) is 0.569. The topological polar surface area (TPSA) is 24.1 Å². The lowest BCUT2D eigenvalue weighted by Gasteiger charge is -2.36. The number of terminal acetylenes is 1. The second-order valence-corrected chi connectivity index (χ2v) is 6.57. The molecule has 3 unspecified atom stereocenters. The van der Waals surface area contributed by atoms with E-state index in [4.69, 9.17) is 6.42 Å². The molecule has 2 N–H and O–H groups in total. The van der Waals surface area contributed by atoms with Crippen LogP contribution < -0.4 is 10.6 Å². The van der Waals surface area contributed by atoms with Crippen molar-refractivity contribution >= 4 is 11.8 Å². The lowest BCUT2D eigenvalue weighted by atomic mass is 9.79. The number of nitrogens with one attached hydrogen (secondary N) is 2. The Morgan fingerprint density at radius 2 is 2.11 bits per heavy atom. The van der Waals surface area contributed by atoms with E-state index in [1.807, 2.05) is 11.8 Å². The average molecular weight is 266 g/mol. The summed E-state index contributed by atoms with van der Waals surface area (Å²) in [6.07, 6.45) is 13.6. The second kappa shape index (κ2) is 8.09. The number of hydrogen-bond acceptors (Lipinski definition) is 3. The molecule has 102 valence electrons. The molecule has 2 rings (SSSR count). The lowest BCUT2D eigenvalue weighted by molar-refractivity contribution is 0.217. The van der Waals surface area contributed by atoms with Crippen molar-refractivity contribution in [2.45, 2.75) is 50.6 Å². The van der Waals surface area contributed by atoms with Gasteiger partial charge in [-0.05, 0) is 38.1 Å². The smallest absolute Gasteiger partial charge is 0.0545 e. The molecule has 2 nitrogen and oxygen atoms in total. The highest BCUT2D eigenvalue weighted by Crippen LogP contribution is 2.30. The highest BCUT2D eigenvalue weighted by Gasteiger charge is 2.32. The summed E-state index contributed by atoms with van der Waals surface area (Å²) in [6, 6.07) is 1.52. The summed E-state index contributed by atoms with van der Waals surface area (Å²) < 4.78 is 0. The van der Waals surface area contributed by atoms with E-state index in [9.17, 15) is 0 Å². The molecule has 0 aromatic heterocycles. The van der Waals surface area contributed by atoms with E-state index < -0.39 is 0 Å². The van der Waals surface area contributed by atoms with Gasteiger partial charge in [-0.3, -0.25) is 0 Å². The molecule has 0 aromatic rings. The van der Waals surface area contributed by atoms with Crippen LogP contribution in [-0.2, 0) is 0 Å². The molecule has 0 spiro atoms. The molecule has 0 radical (unpaired) electrons. The van der Waals surface area contributed by atoms with E-state index >= 15 is 0 Å². The van der Waals surface area contributed by atoms with Gasteiger partial charge in [-0.1, -0.05) is 18.8 Å². The molecule has 2 fully saturated rings. The Balaban J connectivity index is 1.71. The number of rotatable bonds is 6. The Labute approximate surface area is 116 Å². The molecule has 1 aliphatic carbocycles. The highest BCUT2D eigenvalue weighted by molar-refractivity contribution is 7.99. The van der Waals surface area contributed by atoms with Gasteiger partial charge in [0.05, 0.1) is 5.75 Å². The summed E-state index contributed by atoms with van der Waals surface area (Å²) >= 11 is 1.86. The summed E-state index contributed by atoms with van der Waals surface area (Å²) in [4.78, 5) is 0. The third kappa shape index (κ3) is 4.19. The largest absolute Gasteiger partial charge is 0.314 e. The standard InChI is InChI=1S/C15H26N2S/c1-2-11-18-12-10-17-14-7-4-3-6-13(14)15-8-5-9-16-15/h1,13-17H,3-12H2. The Kier molecular flexibility index (Phi) is 6.40. The van der Waals surface area contributed by atoms with Crippen molar-refractivity contribution in [3.63, 3.8) is 0 Å². The molecule has 1 saturated carbocycles. The van der Waals surface area contributed by atoms with Gasteiger partial charge in [0.25, 0.3) is 0 Å². The van der Waals surface area contributed by atoms with E-state index in [-0.39, 0.29) is 0 Å². The van der Waals surface area contributed by atoms with Crippen LogP contribution in [0.15, 0.2) is 0 Å². The van der Waals surface area contributed by atoms with Gasteiger partial charge in [-0.25, -0.2) is 0 Å². The molecular formula is C15H26N2S.